The second-order valence-electron chi connectivity index (χ2n) is 8.53. The van der Waals surface area contributed by atoms with Gasteiger partial charge in [-0.15, -0.1) is 0 Å². The molecule has 3 aromatic rings. The molecule has 2 aliphatic heterocycles. The van der Waals surface area contributed by atoms with Gasteiger partial charge in [-0.1, -0.05) is 35.9 Å². The molecule has 0 aromatic heterocycles. The molecule has 0 radical (unpaired) electrons. The molecule has 1 atom stereocenters. The van der Waals surface area contributed by atoms with Crippen molar-refractivity contribution >= 4 is 22.9 Å². The number of halogens is 1. The van der Waals surface area contributed by atoms with Crippen molar-refractivity contribution in [3.05, 3.63) is 82.4 Å². The Kier molecular flexibility index (Phi) is 4.33. The molecular weight excluding hydrogens is 394 g/mol. The summed E-state index contributed by atoms with van der Waals surface area (Å²) in [5, 5.41) is 4.37. The molecule has 3 aromatic carbocycles. The summed E-state index contributed by atoms with van der Waals surface area (Å²) in [5.74, 6) is 1.68. The Hall–Kier alpha value is -2.91. The zero-order valence-electron chi connectivity index (χ0n) is 17.5. The van der Waals surface area contributed by atoms with Crippen molar-refractivity contribution in [3.63, 3.8) is 0 Å². The third-order valence-corrected chi connectivity index (χ3v) is 6.07. The molecular formula is C26H24ClNO2. The number of nitrogens with one attached hydrogen (secondary N) is 1. The summed E-state index contributed by atoms with van der Waals surface area (Å²) in [6.07, 6.45) is 2.06. The third kappa shape index (κ3) is 3.05. The lowest BCUT2D eigenvalue weighted by atomic mass is 9.80. The Morgan fingerprint density at radius 2 is 1.77 bits per heavy atom. The standard InChI is InChI=1S/C26H24ClNO2/c1-15-14-26(2,3)28-21-11-10-19-20-13-17(27)7-12-22(20)30-25(24(19)23(15)21)16-5-8-18(29-4)9-6-16/h5-14,25,28H,1-4H3/t25-/m0/s1. The minimum absolute atomic E-state index is 0.0995. The smallest absolute Gasteiger partial charge is 0.150 e. The lowest BCUT2D eigenvalue weighted by Crippen LogP contribution is -2.32. The van der Waals surface area contributed by atoms with Gasteiger partial charge in [0.05, 0.1) is 12.6 Å². The van der Waals surface area contributed by atoms with Gasteiger partial charge in [0.1, 0.15) is 11.5 Å². The Morgan fingerprint density at radius 3 is 2.50 bits per heavy atom. The number of benzene rings is 3. The van der Waals surface area contributed by atoms with Crippen LogP contribution in [0.2, 0.25) is 5.02 Å². The lowest BCUT2D eigenvalue weighted by Gasteiger charge is -2.37. The predicted octanol–water partition coefficient (Wildman–Crippen LogP) is 7.10. The highest BCUT2D eigenvalue weighted by Crippen LogP contribution is 2.51. The molecule has 0 spiro atoms. The van der Waals surface area contributed by atoms with E-state index in [1.165, 1.54) is 16.7 Å². The van der Waals surface area contributed by atoms with Crippen LogP contribution in [0.1, 0.15) is 43.6 Å². The number of hydrogen-bond donors (Lipinski definition) is 1. The maximum absolute atomic E-state index is 6.58. The molecule has 0 aliphatic carbocycles. The molecule has 3 nitrogen and oxygen atoms in total. The number of rotatable bonds is 2. The van der Waals surface area contributed by atoms with E-state index in [-0.39, 0.29) is 11.6 Å². The van der Waals surface area contributed by atoms with Crippen LogP contribution >= 0.6 is 11.6 Å². The summed E-state index contributed by atoms with van der Waals surface area (Å²) >= 11 is 6.35. The van der Waals surface area contributed by atoms with Gasteiger partial charge in [0.2, 0.25) is 0 Å². The first-order chi connectivity index (χ1) is 14.4. The van der Waals surface area contributed by atoms with E-state index in [0.717, 1.165) is 33.9 Å². The van der Waals surface area contributed by atoms with Crippen LogP contribution < -0.4 is 14.8 Å². The van der Waals surface area contributed by atoms with Crippen molar-refractivity contribution in [2.24, 2.45) is 0 Å². The second-order valence-corrected chi connectivity index (χ2v) is 8.97. The molecule has 2 aliphatic rings. The third-order valence-electron chi connectivity index (χ3n) is 5.83. The van der Waals surface area contributed by atoms with E-state index in [4.69, 9.17) is 21.1 Å². The summed E-state index contributed by atoms with van der Waals surface area (Å²) in [5.41, 5.74) is 7.93. The maximum atomic E-state index is 6.58. The lowest BCUT2D eigenvalue weighted by molar-refractivity contribution is 0.243. The van der Waals surface area contributed by atoms with Gasteiger partial charge in [-0.25, -0.2) is 0 Å². The van der Waals surface area contributed by atoms with E-state index in [1.807, 2.05) is 30.3 Å². The van der Waals surface area contributed by atoms with Crippen molar-refractivity contribution in [1.82, 2.24) is 0 Å². The summed E-state index contributed by atoms with van der Waals surface area (Å²) in [6, 6.07) is 18.3. The fourth-order valence-electron chi connectivity index (χ4n) is 4.67. The molecule has 0 fully saturated rings. The maximum Gasteiger partial charge on any atom is 0.150 e. The van der Waals surface area contributed by atoms with Crippen LogP contribution in [0.4, 0.5) is 5.69 Å². The quantitative estimate of drug-likeness (QED) is 0.482. The Morgan fingerprint density at radius 1 is 1.00 bits per heavy atom. The van der Waals surface area contributed by atoms with Gasteiger partial charge in [0.15, 0.2) is 6.10 Å². The number of hydrogen-bond acceptors (Lipinski definition) is 3. The fraction of sp³-hybridized carbons (Fsp3) is 0.231. The Labute approximate surface area is 182 Å². The molecule has 0 unspecified atom stereocenters. The number of allylic oxidation sites excluding steroid dienone is 1. The summed E-state index contributed by atoms with van der Waals surface area (Å²) in [4.78, 5) is 0. The average Bonchev–Trinajstić information content (AvgIpc) is 2.72. The molecule has 0 saturated heterocycles. The van der Waals surface area contributed by atoms with Gasteiger partial charge >= 0.3 is 0 Å². The SMILES string of the molecule is COc1ccc([C@@H]2Oc3ccc(Cl)cc3-c3ccc4c(c32)C(C)=CC(C)(C)N4)cc1. The molecule has 30 heavy (non-hydrogen) atoms. The normalized spacial score (nSPS) is 18.2. The molecule has 0 saturated carbocycles. The van der Waals surface area contributed by atoms with Crippen molar-refractivity contribution in [3.8, 4) is 22.6 Å². The van der Waals surface area contributed by atoms with Gasteiger partial charge in [0, 0.05) is 27.4 Å². The Bertz CT molecular complexity index is 1180. The molecule has 5 rings (SSSR count). The second kappa shape index (κ2) is 6.82. The number of ether oxygens (including phenoxy) is 2. The first-order valence-electron chi connectivity index (χ1n) is 10.1. The summed E-state index contributed by atoms with van der Waals surface area (Å²) < 4.78 is 11.9. The first-order valence-corrected chi connectivity index (χ1v) is 10.5. The van der Waals surface area contributed by atoms with Crippen LogP contribution in [-0.2, 0) is 0 Å². The van der Waals surface area contributed by atoms with Crippen LogP contribution in [0.5, 0.6) is 11.5 Å². The number of anilines is 1. The average molecular weight is 418 g/mol. The van der Waals surface area contributed by atoms with Crippen molar-refractivity contribution in [1.29, 1.82) is 0 Å². The van der Waals surface area contributed by atoms with Crippen LogP contribution in [0.3, 0.4) is 0 Å². The number of methoxy groups -OCH3 is 1. The first kappa shape index (κ1) is 19.1. The van der Waals surface area contributed by atoms with Gasteiger partial charge in [0.25, 0.3) is 0 Å². The van der Waals surface area contributed by atoms with Crippen LogP contribution in [0, 0.1) is 0 Å². The zero-order valence-corrected chi connectivity index (χ0v) is 18.3. The minimum Gasteiger partial charge on any atom is -0.497 e. The molecule has 4 heteroatoms. The molecule has 1 N–H and O–H groups in total. The van der Waals surface area contributed by atoms with E-state index in [9.17, 15) is 0 Å². The predicted molar refractivity (Wildman–Crippen MR) is 124 cm³/mol. The van der Waals surface area contributed by atoms with Gasteiger partial charge in [-0.3, -0.25) is 0 Å². The fourth-order valence-corrected chi connectivity index (χ4v) is 4.84. The largest absolute Gasteiger partial charge is 0.497 e. The van der Waals surface area contributed by atoms with Crippen molar-refractivity contribution in [2.45, 2.75) is 32.4 Å². The van der Waals surface area contributed by atoms with E-state index < -0.39 is 0 Å². The van der Waals surface area contributed by atoms with Gasteiger partial charge in [-0.05, 0) is 73.9 Å². The van der Waals surface area contributed by atoms with Crippen LogP contribution in [0.15, 0.2) is 60.7 Å². The molecule has 0 bridgehead atoms. The zero-order chi connectivity index (χ0) is 21.0. The van der Waals surface area contributed by atoms with E-state index in [2.05, 4.69) is 56.4 Å². The van der Waals surface area contributed by atoms with Gasteiger partial charge < -0.3 is 14.8 Å². The molecule has 2 heterocycles. The topological polar surface area (TPSA) is 30.5 Å². The van der Waals surface area contributed by atoms with E-state index in [1.54, 1.807) is 7.11 Å². The van der Waals surface area contributed by atoms with Crippen molar-refractivity contribution < 1.29 is 9.47 Å². The summed E-state index contributed by atoms with van der Waals surface area (Å²) in [6.45, 7) is 6.55. The van der Waals surface area contributed by atoms with E-state index in [0.29, 0.717) is 5.02 Å². The summed E-state index contributed by atoms with van der Waals surface area (Å²) in [7, 11) is 1.68. The molecule has 152 valence electrons. The highest BCUT2D eigenvalue weighted by atomic mass is 35.5. The highest BCUT2D eigenvalue weighted by molar-refractivity contribution is 6.31. The minimum atomic E-state index is -0.221. The van der Waals surface area contributed by atoms with Crippen molar-refractivity contribution in [2.75, 3.05) is 12.4 Å². The number of fused-ring (bicyclic) bond motifs is 5. The van der Waals surface area contributed by atoms with E-state index >= 15 is 0 Å². The Balaban J connectivity index is 1.78. The van der Waals surface area contributed by atoms with Crippen LogP contribution in [-0.4, -0.2) is 12.6 Å². The monoisotopic (exact) mass is 417 g/mol. The van der Waals surface area contributed by atoms with Gasteiger partial charge in [-0.2, -0.15) is 0 Å². The molecule has 0 amide bonds. The highest BCUT2D eigenvalue weighted by Gasteiger charge is 2.34. The van der Waals surface area contributed by atoms with Crippen LogP contribution in [0.25, 0.3) is 16.7 Å².